The molecule has 0 spiro atoms. The van der Waals surface area contributed by atoms with Crippen molar-refractivity contribution in [2.45, 2.75) is 19.9 Å². The average Bonchev–Trinajstić information content (AvgIpc) is 2.49. The highest BCUT2D eigenvalue weighted by molar-refractivity contribution is 5.40. The maximum Gasteiger partial charge on any atom is 0.138 e. The first-order valence-corrected chi connectivity index (χ1v) is 7.53. The molecule has 0 amide bonds. The molecule has 0 saturated carbocycles. The Balaban J connectivity index is 1.66. The number of nitrogens with zero attached hydrogens (tertiary/aromatic N) is 2. The van der Waals surface area contributed by atoms with Crippen molar-refractivity contribution < 1.29 is 5.11 Å². The molecule has 0 aliphatic carbocycles. The van der Waals surface area contributed by atoms with E-state index in [1.165, 1.54) is 16.8 Å². The van der Waals surface area contributed by atoms with E-state index >= 15 is 0 Å². The lowest BCUT2D eigenvalue weighted by molar-refractivity contribution is 0.196. The number of rotatable bonds is 3. The Morgan fingerprint density at radius 1 is 1.14 bits per heavy atom. The molecule has 21 heavy (non-hydrogen) atoms. The van der Waals surface area contributed by atoms with E-state index < -0.39 is 0 Å². The summed E-state index contributed by atoms with van der Waals surface area (Å²) in [4.78, 5) is 4.56. The average molecular weight is 282 g/mol. The third kappa shape index (κ3) is 3.03. The molecule has 0 radical (unpaired) electrons. The van der Waals surface area contributed by atoms with Crippen molar-refractivity contribution >= 4 is 0 Å². The van der Waals surface area contributed by atoms with Gasteiger partial charge in [0.2, 0.25) is 0 Å². The summed E-state index contributed by atoms with van der Waals surface area (Å²) in [5, 5.41) is 9.73. The number of hydrogen-bond donors (Lipinski definition) is 1. The summed E-state index contributed by atoms with van der Waals surface area (Å²) < 4.78 is 0. The number of aliphatic hydroxyl groups excluding tert-OH is 1. The highest BCUT2D eigenvalue weighted by Gasteiger charge is 2.23. The standard InChI is InChI=1S/C18H22N2O/c1-3-15-4-6-16(7-5-15)11-19-8-9-20-13-18(21)14(2)10-17(20)12-19/h4-7,10,13,21H,2-3,8-9,11-12H2,1H3. The van der Waals surface area contributed by atoms with E-state index in [1.807, 2.05) is 6.08 Å². The number of allylic oxidation sites excluding steroid dienone is 1. The zero-order valence-corrected chi connectivity index (χ0v) is 12.5. The number of fused-ring (bicyclic) bond motifs is 1. The van der Waals surface area contributed by atoms with Crippen LogP contribution in [0.25, 0.3) is 0 Å². The van der Waals surface area contributed by atoms with Crippen molar-refractivity contribution in [3.63, 3.8) is 0 Å². The Hall–Kier alpha value is -2.00. The van der Waals surface area contributed by atoms with Gasteiger partial charge in [-0.1, -0.05) is 37.8 Å². The molecule has 3 nitrogen and oxygen atoms in total. The summed E-state index contributed by atoms with van der Waals surface area (Å²) in [7, 11) is 0. The molecule has 0 aromatic heterocycles. The summed E-state index contributed by atoms with van der Waals surface area (Å²) >= 11 is 0. The van der Waals surface area contributed by atoms with Crippen molar-refractivity contribution in [3.8, 4) is 0 Å². The minimum atomic E-state index is 0.280. The largest absolute Gasteiger partial charge is 0.506 e. The predicted molar refractivity (Wildman–Crippen MR) is 85.7 cm³/mol. The first-order chi connectivity index (χ1) is 10.2. The van der Waals surface area contributed by atoms with Crippen molar-refractivity contribution in [1.29, 1.82) is 0 Å². The van der Waals surface area contributed by atoms with E-state index in [1.54, 1.807) is 6.20 Å². The lowest BCUT2D eigenvalue weighted by Crippen LogP contribution is -2.43. The second-order valence-electron chi connectivity index (χ2n) is 5.75. The highest BCUT2D eigenvalue weighted by Crippen LogP contribution is 2.24. The van der Waals surface area contributed by atoms with Gasteiger partial charge >= 0.3 is 0 Å². The van der Waals surface area contributed by atoms with Gasteiger partial charge < -0.3 is 10.0 Å². The number of aryl methyl sites for hydroxylation is 1. The van der Waals surface area contributed by atoms with Gasteiger partial charge in [-0.15, -0.1) is 0 Å². The van der Waals surface area contributed by atoms with Crippen molar-refractivity contribution in [3.05, 3.63) is 71.3 Å². The van der Waals surface area contributed by atoms with E-state index in [2.05, 4.69) is 47.6 Å². The van der Waals surface area contributed by atoms with Crippen LogP contribution in [0.5, 0.6) is 0 Å². The first-order valence-electron chi connectivity index (χ1n) is 7.53. The van der Waals surface area contributed by atoms with Crippen molar-refractivity contribution in [1.82, 2.24) is 9.80 Å². The zero-order chi connectivity index (χ0) is 14.8. The first kappa shape index (κ1) is 14.0. The van der Waals surface area contributed by atoms with Gasteiger partial charge in [-0.3, -0.25) is 4.90 Å². The van der Waals surface area contributed by atoms with Crippen LogP contribution in [0.3, 0.4) is 0 Å². The van der Waals surface area contributed by atoms with Gasteiger partial charge in [0.25, 0.3) is 0 Å². The molecule has 1 aromatic carbocycles. The fraction of sp³-hybridized carbons (Fsp3) is 0.333. The smallest absolute Gasteiger partial charge is 0.138 e. The van der Waals surface area contributed by atoms with Crippen LogP contribution in [0.4, 0.5) is 0 Å². The molecule has 0 unspecified atom stereocenters. The maximum atomic E-state index is 9.73. The molecular formula is C18H22N2O. The van der Waals surface area contributed by atoms with Crippen molar-refractivity contribution in [2.24, 2.45) is 0 Å². The Morgan fingerprint density at radius 3 is 2.57 bits per heavy atom. The van der Waals surface area contributed by atoms with Gasteiger partial charge in [-0.25, -0.2) is 0 Å². The summed E-state index contributed by atoms with van der Waals surface area (Å²) in [5.74, 6) is 0.280. The second kappa shape index (κ2) is 5.78. The Labute approximate surface area is 126 Å². The second-order valence-corrected chi connectivity index (χ2v) is 5.75. The normalized spacial score (nSPS) is 19.1. The summed E-state index contributed by atoms with van der Waals surface area (Å²) in [6.45, 7) is 9.84. The Morgan fingerprint density at radius 2 is 1.86 bits per heavy atom. The lowest BCUT2D eigenvalue weighted by Gasteiger charge is -2.38. The summed E-state index contributed by atoms with van der Waals surface area (Å²) in [5.41, 5.74) is 4.66. The van der Waals surface area contributed by atoms with Crippen molar-refractivity contribution in [2.75, 3.05) is 19.6 Å². The molecule has 1 N–H and O–H groups in total. The molecule has 2 aliphatic rings. The van der Waals surface area contributed by atoms with Crippen LogP contribution in [0.2, 0.25) is 0 Å². The molecule has 3 rings (SSSR count). The fourth-order valence-corrected chi connectivity index (χ4v) is 2.85. The molecule has 0 atom stereocenters. The van der Waals surface area contributed by atoms with E-state index in [9.17, 15) is 5.11 Å². The molecular weight excluding hydrogens is 260 g/mol. The van der Waals surface area contributed by atoms with E-state index in [4.69, 9.17) is 0 Å². The van der Waals surface area contributed by atoms with Gasteiger partial charge in [-0.05, 0) is 23.6 Å². The highest BCUT2D eigenvalue weighted by atomic mass is 16.3. The molecule has 2 heterocycles. The molecule has 1 fully saturated rings. The SMILES string of the molecule is C=C1C=C2CN(Cc3ccc(CC)cc3)CCN2C=C1O. The van der Waals surface area contributed by atoms with E-state index in [-0.39, 0.29) is 5.76 Å². The molecule has 2 aliphatic heterocycles. The van der Waals surface area contributed by atoms with E-state index in [0.717, 1.165) is 32.6 Å². The van der Waals surface area contributed by atoms with Crippen LogP contribution in [0.15, 0.2) is 60.1 Å². The maximum absolute atomic E-state index is 9.73. The number of hydrogen-bond acceptors (Lipinski definition) is 3. The van der Waals surface area contributed by atoms with Crippen LogP contribution >= 0.6 is 0 Å². The van der Waals surface area contributed by atoms with E-state index in [0.29, 0.717) is 5.57 Å². The third-order valence-corrected chi connectivity index (χ3v) is 4.20. The van der Waals surface area contributed by atoms with Gasteiger partial charge in [0.05, 0.1) is 0 Å². The zero-order valence-electron chi connectivity index (χ0n) is 12.5. The molecule has 1 aromatic rings. The topological polar surface area (TPSA) is 26.7 Å². The Bertz CT molecular complexity index is 598. The molecule has 3 heteroatoms. The number of piperazine rings is 1. The monoisotopic (exact) mass is 282 g/mol. The molecule has 0 bridgehead atoms. The lowest BCUT2D eigenvalue weighted by atomic mass is 10.1. The van der Waals surface area contributed by atoms with Crippen LogP contribution in [-0.4, -0.2) is 34.5 Å². The Kier molecular flexibility index (Phi) is 3.84. The van der Waals surface area contributed by atoms with Crippen LogP contribution < -0.4 is 0 Å². The summed E-state index contributed by atoms with van der Waals surface area (Å²) in [6.07, 6.45) is 4.87. The number of benzene rings is 1. The van der Waals surface area contributed by atoms with Crippen LogP contribution in [-0.2, 0) is 13.0 Å². The number of aliphatic hydroxyl groups is 1. The minimum Gasteiger partial charge on any atom is -0.506 e. The van der Waals surface area contributed by atoms with Gasteiger partial charge in [0.15, 0.2) is 0 Å². The quantitative estimate of drug-likeness (QED) is 0.922. The third-order valence-electron chi connectivity index (χ3n) is 4.20. The molecule has 110 valence electrons. The van der Waals surface area contributed by atoms with Gasteiger partial charge in [-0.2, -0.15) is 0 Å². The minimum absolute atomic E-state index is 0.280. The fourth-order valence-electron chi connectivity index (χ4n) is 2.85. The van der Waals surface area contributed by atoms with Crippen LogP contribution in [0.1, 0.15) is 18.1 Å². The van der Waals surface area contributed by atoms with Gasteiger partial charge in [0, 0.05) is 43.6 Å². The van der Waals surface area contributed by atoms with Crippen LogP contribution in [0, 0.1) is 0 Å². The van der Waals surface area contributed by atoms with Gasteiger partial charge in [0.1, 0.15) is 5.76 Å². The predicted octanol–water partition coefficient (Wildman–Crippen LogP) is 3.22. The summed E-state index contributed by atoms with van der Waals surface area (Å²) in [6, 6.07) is 8.89. The molecule has 1 saturated heterocycles.